The van der Waals surface area contributed by atoms with Crippen LogP contribution in [0.5, 0.6) is 0 Å². The molecule has 2 aliphatic rings. The van der Waals surface area contributed by atoms with E-state index >= 15 is 4.39 Å². The van der Waals surface area contributed by atoms with Gasteiger partial charge >= 0.3 is 0 Å². The Balaban J connectivity index is 1.51. The van der Waals surface area contributed by atoms with E-state index in [1.165, 1.54) is 6.07 Å². The van der Waals surface area contributed by atoms with Crippen molar-refractivity contribution in [2.24, 2.45) is 0 Å². The number of hydrogen-bond acceptors (Lipinski definition) is 8. The minimum absolute atomic E-state index is 0.326. The summed E-state index contributed by atoms with van der Waals surface area (Å²) in [5, 5.41) is 4.05. The highest BCUT2D eigenvalue weighted by molar-refractivity contribution is 5.99. The second-order valence-corrected chi connectivity index (χ2v) is 9.20. The fraction of sp³-hybridized carbons (Fsp3) is 0.321. The Hall–Kier alpha value is -3.82. The zero-order valence-electron chi connectivity index (χ0n) is 20.8. The van der Waals surface area contributed by atoms with Crippen LogP contribution in [-0.2, 0) is 9.47 Å². The smallest absolute Gasteiger partial charge is 0.152 e. The maximum atomic E-state index is 15.3. The molecule has 4 aromatic rings. The van der Waals surface area contributed by atoms with E-state index in [0.29, 0.717) is 48.7 Å². The number of pyridine rings is 3. The number of anilines is 4. The van der Waals surface area contributed by atoms with Gasteiger partial charge in [0.15, 0.2) is 5.82 Å². The predicted octanol–water partition coefficient (Wildman–Crippen LogP) is 4.56. The third-order valence-corrected chi connectivity index (χ3v) is 6.91. The Morgan fingerprint density at radius 3 is 2.38 bits per heavy atom. The first-order chi connectivity index (χ1) is 18.2. The monoisotopic (exact) mass is 500 g/mol. The molecule has 37 heavy (non-hydrogen) atoms. The van der Waals surface area contributed by atoms with E-state index in [2.05, 4.69) is 26.2 Å². The lowest BCUT2D eigenvalue weighted by Crippen LogP contribution is -2.38. The SMILES string of the molecule is Cc1c(-c2ccccn2)nc2cccc(F)c2c1Nc1cc(N2CCOCC2)cnc1N1CCOCC1. The number of morpholine rings is 2. The fourth-order valence-electron chi connectivity index (χ4n) is 4.97. The van der Waals surface area contributed by atoms with Crippen LogP contribution < -0.4 is 15.1 Å². The summed E-state index contributed by atoms with van der Waals surface area (Å²) >= 11 is 0. The molecule has 0 atom stereocenters. The molecule has 3 aromatic heterocycles. The lowest BCUT2D eigenvalue weighted by Gasteiger charge is -2.32. The van der Waals surface area contributed by atoms with Gasteiger partial charge in [0, 0.05) is 37.9 Å². The first kappa shape index (κ1) is 23.6. The largest absolute Gasteiger partial charge is 0.378 e. The van der Waals surface area contributed by atoms with Crippen molar-refractivity contribution in [2.75, 3.05) is 67.7 Å². The van der Waals surface area contributed by atoms with Gasteiger partial charge in [0.1, 0.15) is 5.82 Å². The number of nitrogens with one attached hydrogen (secondary N) is 1. The molecule has 6 rings (SSSR count). The molecule has 190 valence electrons. The maximum absolute atomic E-state index is 15.3. The molecule has 1 N–H and O–H groups in total. The summed E-state index contributed by atoms with van der Waals surface area (Å²) in [6.07, 6.45) is 3.66. The summed E-state index contributed by atoms with van der Waals surface area (Å²) in [5.41, 5.74) is 5.33. The van der Waals surface area contributed by atoms with Crippen molar-refractivity contribution >= 4 is 33.8 Å². The number of aromatic nitrogens is 3. The van der Waals surface area contributed by atoms with Crippen molar-refractivity contribution < 1.29 is 13.9 Å². The number of hydrogen-bond donors (Lipinski definition) is 1. The average molecular weight is 501 g/mol. The summed E-state index contributed by atoms with van der Waals surface area (Å²) in [4.78, 5) is 18.7. The Morgan fingerprint density at radius 2 is 1.65 bits per heavy atom. The Labute approximate surface area is 215 Å². The number of ether oxygens (including phenoxy) is 2. The molecule has 0 aliphatic carbocycles. The fourth-order valence-corrected chi connectivity index (χ4v) is 4.97. The van der Waals surface area contributed by atoms with Gasteiger partial charge in [-0.1, -0.05) is 12.1 Å². The lowest BCUT2D eigenvalue weighted by molar-refractivity contribution is 0.122. The second-order valence-electron chi connectivity index (χ2n) is 9.20. The minimum atomic E-state index is -0.326. The Bertz CT molecular complexity index is 1410. The summed E-state index contributed by atoms with van der Waals surface area (Å²) in [6, 6.07) is 12.8. The van der Waals surface area contributed by atoms with E-state index in [1.807, 2.05) is 37.4 Å². The van der Waals surface area contributed by atoms with Crippen molar-refractivity contribution in [3.05, 3.63) is 66.2 Å². The highest BCUT2D eigenvalue weighted by atomic mass is 19.1. The van der Waals surface area contributed by atoms with E-state index in [4.69, 9.17) is 19.4 Å². The van der Waals surface area contributed by atoms with Gasteiger partial charge in [-0.2, -0.15) is 0 Å². The molecule has 9 heteroatoms. The Kier molecular flexibility index (Phi) is 6.55. The normalized spacial score (nSPS) is 16.3. The second kappa shape index (κ2) is 10.3. The highest BCUT2D eigenvalue weighted by Crippen LogP contribution is 2.39. The van der Waals surface area contributed by atoms with Gasteiger partial charge in [0.2, 0.25) is 0 Å². The molecule has 0 amide bonds. The molecular weight excluding hydrogens is 471 g/mol. The van der Waals surface area contributed by atoms with Crippen LogP contribution in [0.4, 0.5) is 27.3 Å². The molecule has 0 bridgehead atoms. The van der Waals surface area contributed by atoms with Gasteiger partial charge < -0.3 is 24.6 Å². The molecule has 1 aromatic carbocycles. The van der Waals surface area contributed by atoms with E-state index < -0.39 is 0 Å². The zero-order chi connectivity index (χ0) is 25.2. The molecule has 0 saturated carbocycles. The highest BCUT2D eigenvalue weighted by Gasteiger charge is 2.23. The van der Waals surface area contributed by atoms with Crippen molar-refractivity contribution in [1.82, 2.24) is 15.0 Å². The molecule has 2 fully saturated rings. The van der Waals surface area contributed by atoms with Crippen LogP contribution >= 0.6 is 0 Å². The number of halogens is 1. The van der Waals surface area contributed by atoms with Crippen molar-refractivity contribution in [3.8, 4) is 11.4 Å². The zero-order valence-corrected chi connectivity index (χ0v) is 20.8. The van der Waals surface area contributed by atoms with Crippen LogP contribution in [0.1, 0.15) is 5.56 Å². The molecule has 0 unspecified atom stereocenters. The van der Waals surface area contributed by atoms with E-state index in [9.17, 15) is 0 Å². The van der Waals surface area contributed by atoms with Crippen LogP contribution in [0.2, 0.25) is 0 Å². The number of nitrogens with zero attached hydrogens (tertiary/aromatic N) is 5. The maximum Gasteiger partial charge on any atom is 0.152 e. The van der Waals surface area contributed by atoms with Crippen LogP contribution in [-0.4, -0.2) is 67.6 Å². The topological polar surface area (TPSA) is 75.6 Å². The van der Waals surface area contributed by atoms with E-state index in [-0.39, 0.29) is 5.82 Å². The van der Waals surface area contributed by atoms with Gasteiger partial charge in [0.05, 0.1) is 72.0 Å². The van der Waals surface area contributed by atoms with Crippen LogP contribution in [0.3, 0.4) is 0 Å². The van der Waals surface area contributed by atoms with Gasteiger partial charge in [-0.3, -0.25) is 4.98 Å². The number of benzene rings is 1. The first-order valence-corrected chi connectivity index (χ1v) is 12.6. The quantitative estimate of drug-likeness (QED) is 0.428. The lowest BCUT2D eigenvalue weighted by atomic mass is 10.0. The average Bonchev–Trinajstić information content (AvgIpc) is 2.96. The number of fused-ring (bicyclic) bond motifs is 1. The van der Waals surface area contributed by atoms with Crippen LogP contribution in [0, 0.1) is 12.7 Å². The van der Waals surface area contributed by atoms with Crippen molar-refractivity contribution in [2.45, 2.75) is 6.92 Å². The van der Waals surface area contributed by atoms with Gasteiger partial charge in [-0.25, -0.2) is 14.4 Å². The molecule has 2 saturated heterocycles. The summed E-state index contributed by atoms with van der Waals surface area (Å²) in [7, 11) is 0. The Morgan fingerprint density at radius 1 is 0.892 bits per heavy atom. The molecule has 8 nitrogen and oxygen atoms in total. The summed E-state index contributed by atoms with van der Waals surface area (Å²) in [6.45, 7) is 7.68. The van der Waals surface area contributed by atoms with Crippen molar-refractivity contribution in [1.29, 1.82) is 0 Å². The van der Waals surface area contributed by atoms with Crippen molar-refractivity contribution in [3.63, 3.8) is 0 Å². The van der Waals surface area contributed by atoms with E-state index in [1.54, 1.807) is 12.3 Å². The molecule has 0 radical (unpaired) electrons. The molecule has 2 aliphatic heterocycles. The van der Waals surface area contributed by atoms with Crippen LogP contribution in [0.15, 0.2) is 54.9 Å². The van der Waals surface area contributed by atoms with Gasteiger partial charge in [-0.05, 0) is 37.3 Å². The third kappa shape index (κ3) is 4.68. The molecule has 5 heterocycles. The summed E-state index contributed by atoms with van der Waals surface area (Å²) < 4.78 is 26.5. The predicted molar refractivity (Wildman–Crippen MR) is 143 cm³/mol. The molecule has 0 spiro atoms. The minimum Gasteiger partial charge on any atom is -0.378 e. The molecular formula is C28H29FN6O2. The summed E-state index contributed by atoms with van der Waals surface area (Å²) in [5.74, 6) is 0.494. The van der Waals surface area contributed by atoms with Gasteiger partial charge in [0.25, 0.3) is 0 Å². The standard InChI is InChI=1S/C28H29FN6O2/c1-19-26(23-6-2-3-8-30-23)32-22-7-4-5-21(29)25(22)27(19)33-24-17-20(34-9-13-36-14-10-34)18-31-28(24)35-11-15-37-16-12-35/h2-8,17-18H,9-16H2,1H3,(H,32,33). The van der Waals surface area contributed by atoms with Gasteiger partial charge in [-0.15, -0.1) is 0 Å². The van der Waals surface area contributed by atoms with E-state index in [0.717, 1.165) is 54.6 Å². The number of rotatable bonds is 5. The first-order valence-electron chi connectivity index (χ1n) is 12.6. The van der Waals surface area contributed by atoms with Crippen LogP contribution in [0.25, 0.3) is 22.3 Å². The third-order valence-electron chi connectivity index (χ3n) is 6.91.